The molecule has 6 N–H and O–H groups in total. The van der Waals surface area contributed by atoms with Crippen LogP contribution in [0.5, 0.6) is 0 Å². The third-order valence-corrected chi connectivity index (χ3v) is 9.41. The van der Waals surface area contributed by atoms with Crippen LogP contribution in [0.15, 0.2) is 66.7 Å². The number of nitrogens with zero attached hydrogens (tertiary/aromatic N) is 4. The van der Waals surface area contributed by atoms with Gasteiger partial charge in [-0.15, -0.1) is 10.2 Å². The van der Waals surface area contributed by atoms with Gasteiger partial charge < -0.3 is 31.3 Å². The Morgan fingerprint density at radius 2 is 1.63 bits per heavy atom. The van der Waals surface area contributed by atoms with Crippen LogP contribution in [-0.2, 0) is 16.0 Å². The van der Waals surface area contributed by atoms with E-state index in [4.69, 9.17) is 5.11 Å². The predicted molar refractivity (Wildman–Crippen MR) is 197 cm³/mol. The van der Waals surface area contributed by atoms with E-state index in [1.165, 1.54) is 0 Å². The molecule has 1 aliphatic rings. The van der Waals surface area contributed by atoms with Gasteiger partial charge in [0.05, 0.1) is 0 Å². The molecule has 14 nitrogen and oxygen atoms in total. The van der Waals surface area contributed by atoms with Crippen LogP contribution in [0.2, 0.25) is 0 Å². The van der Waals surface area contributed by atoms with Gasteiger partial charge in [-0.2, -0.15) is 5.21 Å². The lowest BCUT2D eigenvalue weighted by atomic mass is 9.81. The number of carbonyl (C=O) groups is 4. The first-order chi connectivity index (χ1) is 25.0. The molecule has 3 aromatic carbocycles. The van der Waals surface area contributed by atoms with Crippen LogP contribution in [0.4, 0.5) is 10.5 Å². The molecule has 1 fully saturated rings. The number of aromatic nitrogens is 4. The highest BCUT2D eigenvalue weighted by Gasteiger charge is 2.30. The molecule has 1 heterocycles. The minimum absolute atomic E-state index is 0.0960. The lowest BCUT2D eigenvalue weighted by molar-refractivity contribution is -0.130. The van der Waals surface area contributed by atoms with E-state index >= 15 is 0 Å². The minimum Gasteiger partial charge on any atom is -0.465 e. The van der Waals surface area contributed by atoms with Gasteiger partial charge in [0.15, 0.2) is 0 Å². The van der Waals surface area contributed by atoms with Gasteiger partial charge in [-0.25, -0.2) is 4.79 Å². The molecule has 1 saturated carbocycles. The molecule has 4 amide bonds. The third kappa shape index (κ3) is 10.7. The molecule has 1 atom stereocenters. The average molecular weight is 710 g/mol. The maximum Gasteiger partial charge on any atom is 0.404 e. The minimum atomic E-state index is -1.05. The Labute approximate surface area is 303 Å². The summed E-state index contributed by atoms with van der Waals surface area (Å²) in [7, 11) is 4.01. The summed E-state index contributed by atoms with van der Waals surface area (Å²) in [5.74, 6) is -0.284. The average Bonchev–Trinajstić information content (AvgIpc) is 3.68. The van der Waals surface area contributed by atoms with Gasteiger partial charge in [0, 0.05) is 42.2 Å². The van der Waals surface area contributed by atoms with Crippen LogP contribution < -0.4 is 21.3 Å². The van der Waals surface area contributed by atoms with Crippen LogP contribution in [0.1, 0.15) is 53.6 Å². The van der Waals surface area contributed by atoms with Gasteiger partial charge in [-0.05, 0) is 129 Å². The number of carbonyl (C=O) groups excluding carboxylic acids is 3. The zero-order valence-corrected chi connectivity index (χ0v) is 29.8. The topological polar surface area (TPSA) is 194 Å². The number of hydrogen-bond acceptors (Lipinski definition) is 8. The van der Waals surface area contributed by atoms with Gasteiger partial charge in [0.1, 0.15) is 6.04 Å². The van der Waals surface area contributed by atoms with E-state index in [9.17, 15) is 19.2 Å². The molecule has 1 aliphatic carbocycles. The number of H-pyrrole nitrogens is 1. The summed E-state index contributed by atoms with van der Waals surface area (Å²) in [5.41, 5.74) is 5.71. The van der Waals surface area contributed by atoms with E-state index in [2.05, 4.69) is 46.8 Å². The molecular formula is C38H47N9O5. The first-order valence-corrected chi connectivity index (χ1v) is 17.6. The van der Waals surface area contributed by atoms with E-state index in [1.54, 1.807) is 24.3 Å². The molecule has 0 unspecified atom stereocenters. The predicted octanol–water partition coefficient (Wildman–Crippen LogP) is 4.26. The number of tetrazole rings is 1. The molecule has 5 rings (SSSR count). The summed E-state index contributed by atoms with van der Waals surface area (Å²) in [6, 6.07) is 19.7. The van der Waals surface area contributed by atoms with Crippen molar-refractivity contribution in [1.29, 1.82) is 0 Å². The summed E-state index contributed by atoms with van der Waals surface area (Å²) < 4.78 is 0. The van der Waals surface area contributed by atoms with Crippen LogP contribution in [0.3, 0.4) is 0 Å². The highest BCUT2D eigenvalue weighted by Crippen LogP contribution is 2.29. The summed E-state index contributed by atoms with van der Waals surface area (Å²) >= 11 is 0. The number of amides is 4. The Morgan fingerprint density at radius 3 is 2.27 bits per heavy atom. The van der Waals surface area contributed by atoms with Gasteiger partial charge in [-0.1, -0.05) is 30.3 Å². The Balaban J connectivity index is 1.25. The highest BCUT2D eigenvalue weighted by atomic mass is 16.4. The maximum absolute atomic E-state index is 13.7. The van der Waals surface area contributed by atoms with E-state index in [-0.39, 0.29) is 36.0 Å². The van der Waals surface area contributed by atoms with Crippen molar-refractivity contribution in [3.8, 4) is 22.5 Å². The summed E-state index contributed by atoms with van der Waals surface area (Å²) in [4.78, 5) is 52.9. The molecule has 274 valence electrons. The number of nitrogens with one attached hydrogen (secondary N) is 5. The summed E-state index contributed by atoms with van der Waals surface area (Å²) in [6.45, 7) is 3.86. The molecule has 52 heavy (non-hydrogen) atoms. The highest BCUT2D eigenvalue weighted by molar-refractivity contribution is 5.98. The fourth-order valence-corrected chi connectivity index (χ4v) is 6.46. The van der Waals surface area contributed by atoms with Crippen LogP contribution >= 0.6 is 0 Å². The Hall–Kier alpha value is -5.63. The van der Waals surface area contributed by atoms with Crippen molar-refractivity contribution in [2.24, 2.45) is 11.8 Å². The normalized spacial score (nSPS) is 16.2. The van der Waals surface area contributed by atoms with E-state index in [1.807, 2.05) is 63.5 Å². The van der Waals surface area contributed by atoms with Crippen molar-refractivity contribution >= 4 is 29.5 Å². The first kappa shape index (κ1) is 37.6. The molecule has 4 aromatic rings. The Bertz CT molecular complexity index is 1800. The molecule has 0 aliphatic heterocycles. The molecule has 0 saturated heterocycles. The largest absolute Gasteiger partial charge is 0.465 e. The van der Waals surface area contributed by atoms with Crippen molar-refractivity contribution in [2.75, 3.05) is 39.0 Å². The number of benzene rings is 3. The van der Waals surface area contributed by atoms with Gasteiger partial charge in [0.2, 0.25) is 17.6 Å². The van der Waals surface area contributed by atoms with Crippen molar-refractivity contribution in [1.82, 2.24) is 41.5 Å². The lowest BCUT2D eigenvalue weighted by Gasteiger charge is -2.29. The zero-order valence-electron chi connectivity index (χ0n) is 29.8. The summed E-state index contributed by atoms with van der Waals surface area (Å²) in [5, 5.41) is 34.3. The number of anilines is 1. The molecular weight excluding hydrogens is 662 g/mol. The molecule has 0 spiro atoms. The maximum atomic E-state index is 13.7. The number of hydrogen-bond donors (Lipinski definition) is 6. The second-order valence-electron chi connectivity index (χ2n) is 13.6. The van der Waals surface area contributed by atoms with E-state index in [0.29, 0.717) is 43.0 Å². The fraction of sp³-hybridized carbons (Fsp3) is 0.395. The second-order valence-corrected chi connectivity index (χ2v) is 13.6. The van der Waals surface area contributed by atoms with Crippen molar-refractivity contribution < 1.29 is 24.3 Å². The van der Waals surface area contributed by atoms with E-state index in [0.717, 1.165) is 53.6 Å². The monoisotopic (exact) mass is 709 g/mol. The molecule has 0 radical (unpaired) electrons. The molecule has 14 heteroatoms. The van der Waals surface area contributed by atoms with Gasteiger partial charge in [0.25, 0.3) is 5.91 Å². The first-order valence-electron chi connectivity index (χ1n) is 17.6. The Kier molecular flexibility index (Phi) is 13.0. The van der Waals surface area contributed by atoms with Crippen molar-refractivity contribution in [2.45, 2.75) is 51.5 Å². The number of aryl methyl sites for hydroxylation is 1. The fourth-order valence-electron chi connectivity index (χ4n) is 6.46. The van der Waals surface area contributed by atoms with Crippen molar-refractivity contribution in [3.05, 3.63) is 83.4 Å². The van der Waals surface area contributed by atoms with Crippen LogP contribution in [-0.4, -0.2) is 94.2 Å². The Morgan fingerprint density at radius 1 is 0.923 bits per heavy atom. The smallest absolute Gasteiger partial charge is 0.404 e. The van der Waals surface area contributed by atoms with Gasteiger partial charge >= 0.3 is 6.09 Å². The number of aromatic amines is 1. The lowest BCUT2D eigenvalue weighted by Crippen LogP contribution is -2.48. The van der Waals surface area contributed by atoms with Crippen LogP contribution in [0, 0.1) is 18.8 Å². The summed E-state index contributed by atoms with van der Waals surface area (Å²) in [6.07, 6.45) is 2.78. The van der Waals surface area contributed by atoms with E-state index < -0.39 is 12.1 Å². The third-order valence-electron chi connectivity index (χ3n) is 9.41. The second kappa shape index (κ2) is 18.0. The SMILES string of the molecule is Cc1cc(C(=O)NCCCN(C)C)ccc1-c1ccc(C[C@H](NC(=O)C2CCC(CNC(=O)O)CC2)C(=O)Nc2ccc(-c3nn[nH]n3)cc2)cc1. The van der Waals surface area contributed by atoms with Crippen LogP contribution in [0.25, 0.3) is 22.5 Å². The van der Waals surface area contributed by atoms with Crippen molar-refractivity contribution in [3.63, 3.8) is 0 Å². The van der Waals surface area contributed by atoms with Gasteiger partial charge in [-0.3, -0.25) is 14.4 Å². The number of rotatable bonds is 15. The molecule has 1 aromatic heterocycles. The zero-order chi connectivity index (χ0) is 37.0. The molecule has 0 bridgehead atoms. The standard InChI is InChI=1S/C38H47N9O5/c1-24-21-30(35(48)39-19-4-20-47(2)3)15-18-32(24)27-9-5-25(6-10-27)22-33(42-36(49)29-11-7-26(8-12-29)23-40-38(51)52)37(50)41-31-16-13-28(14-17-31)34-43-45-46-44-34/h5-6,9-10,13-18,21,26,29,33,40H,4,7-8,11-12,19-20,22-23H2,1-3H3,(H,39,48)(H,41,50)(H,42,49)(H,51,52)(H,43,44,45,46)/t26?,29?,33-/m0/s1. The quantitative estimate of drug-likeness (QED) is 0.0978. The number of carboxylic acid groups (broad SMARTS) is 1.